The number of ether oxygens (including phenoxy) is 1. The van der Waals surface area contributed by atoms with Crippen LogP contribution in [0, 0.1) is 0 Å². The molecule has 1 aliphatic heterocycles. The number of rotatable bonds is 6. The van der Waals surface area contributed by atoms with Gasteiger partial charge in [0.05, 0.1) is 30.2 Å². The van der Waals surface area contributed by atoms with Crippen molar-refractivity contribution >= 4 is 23.0 Å². The maximum Gasteiger partial charge on any atom is 0.306 e. The van der Waals surface area contributed by atoms with E-state index in [0.29, 0.717) is 43.2 Å². The molecule has 162 valence electrons. The molecular weight excluding hydrogens is 384 g/mol. The van der Waals surface area contributed by atoms with Crippen molar-refractivity contribution in [2.24, 2.45) is 0 Å². The van der Waals surface area contributed by atoms with Crippen LogP contribution in [0.15, 0.2) is 10.6 Å². The Balaban J connectivity index is 1.57. The van der Waals surface area contributed by atoms with E-state index in [-0.39, 0.29) is 23.8 Å². The molecule has 1 saturated heterocycles. The molecule has 0 aromatic carbocycles. The van der Waals surface area contributed by atoms with Crippen molar-refractivity contribution in [3.8, 4) is 0 Å². The first-order valence-electron chi connectivity index (χ1n) is 10.8. The van der Waals surface area contributed by atoms with E-state index in [1.54, 1.807) is 0 Å². The number of esters is 1. The molecule has 8 nitrogen and oxygen atoms in total. The number of aromatic nitrogens is 2. The van der Waals surface area contributed by atoms with Crippen LogP contribution in [0.1, 0.15) is 73.6 Å². The molecule has 0 spiro atoms. The zero-order chi connectivity index (χ0) is 21.4. The Hall–Kier alpha value is -2.48. The highest BCUT2D eigenvalue weighted by molar-refractivity contribution is 6.06. The molecule has 4 rings (SSSR count). The molecule has 1 unspecified atom stereocenters. The van der Waals surface area contributed by atoms with Crippen molar-refractivity contribution in [2.45, 2.75) is 57.9 Å². The van der Waals surface area contributed by atoms with Crippen LogP contribution in [0.3, 0.4) is 0 Å². The Morgan fingerprint density at radius 2 is 2.07 bits per heavy atom. The Morgan fingerprint density at radius 3 is 2.70 bits per heavy atom. The highest BCUT2D eigenvalue weighted by Gasteiger charge is 2.33. The summed E-state index contributed by atoms with van der Waals surface area (Å²) < 4.78 is 10.3. The number of carbonyl (C=O) groups is 2. The number of pyridine rings is 1. The van der Waals surface area contributed by atoms with Crippen LogP contribution in [0.2, 0.25) is 0 Å². The maximum absolute atomic E-state index is 13.6. The third kappa shape index (κ3) is 4.05. The molecule has 2 aromatic heterocycles. The third-order valence-electron chi connectivity index (χ3n) is 6.15. The molecule has 1 amide bonds. The molecule has 1 saturated carbocycles. The van der Waals surface area contributed by atoms with Crippen molar-refractivity contribution < 1.29 is 18.8 Å². The molecular formula is C22H30N4O4. The third-order valence-corrected chi connectivity index (χ3v) is 6.15. The van der Waals surface area contributed by atoms with E-state index in [1.165, 1.54) is 7.11 Å². The molecule has 30 heavy (non-hydrogen) atoms. The summed E-state index contributed by atoms with van der Waals surface area (Å²) in [7, 11) is 1.41. The molecule has 3 heterocycles. The lowest BCUT2D eigenvalue weighted by molar-refractivity contribution is -0.141. The predicted molar refractivity (Wildman–Crippen MR) is 111 cm³/mol. The van der Waals surface area contributed by atoms with Crippen molar-refractivity contribution in [2.75, 3.05) is 33.3 Å². The summed E-state index contributed by atoms with van der Waals surface area (Å²) in [5.41, 5.74) is 2.84. The summed E-state index contributed by atoms with van der Waals surface area (Å²) >= 11 is 0. The average molecular weight is 415 g/mol. The Labute approximate surface area is 176 Å². The second kappa shape index (κ2) is 8.34. The summed E-state index contributed by atoms with van der Waals surface area (Å²) in [6.07, 6.45) is 2.57. The number of amides is 1. The van der Waals surface area contributed by atoms with Gasteiger partial charge < -0.3 is 14.2 Å². The monoisotopic (exact) mass is 414 g/mol. The Kier molecular flexibility index (Phi) is 5.77. The zero-order valence-corrected chi connectivity index (χ0v) is 18.2. The lowest BCUT2D eigenvalue weighted by atomic mass is 10.0. The van der Waals surface area contributed by atoms with E-state index < -0.39 is 0 Å². The van der Waals surface area contributed by atoms with E-state index in [9.17, 15) is 9.59 Å². The van der Waals surface area contributed by atoms with Crippen LogP contribution >= 0.6 is 0 Å². The number of carbonyl (C=O) groups excluding carboxylic acids is 2. The first-order valence-corrected chi connectivity index (χ1v) is 10.8. The quantitative estimate of drug-likeness (QED) is 0.672. The molecule has 1 aliphatic carbocycles. The number of fused-ring (bicyclic) bond motifs is 1. The van der Waals surface area contributed by atoms with Crippen LogP contribution in [-0.2, 0) is 9.53 Å². The summed E-state index contributed by atoms with van der Waals surface area (Å²) in [6.45, 7) is 8.79. The van der Waals surface area contributed by atoms with Crippen LogP contribution in [0.5, 0.6) is 0 Å². The molecule has 0 N–H and O–H groups in total. The fourth-order valence-corrected chi connectivity index (χ4v) is 4.16. The number of piperazine rings is 1. The summed E-state index contributed by atoms with van der Waals surface area (Å²) in [5, 5.41) is 4.97. The average Bonchev–Trinajstić information content (AvgIpc) is 3.49. The van der Waals surface area contributed by atoms with Crippen molar-refractivity contribution in [1.82, 2.24) is 19.9 Å². The van der Waals surface area contributed by atoms with Gasteiger partial charge in [-0.05, 0) is 31.7 Å². The number of nitrogens with zero attached hydrogens (tertiary/aromatic N) is 4. The van der Waals surface area contributed by atoms with Gasteiger partial charge in [0.2, 0.25) is 0 Å². The largest absolute Gasteiger partial charge is 0.469 e. The minimum absolute atomic E-state index is 0.00821. The van der Waals surface area contributed by atoms with E-state index in [4.69, 9.17) is 9.26 Å². The zero-order valence-electron chi connectivity index (χ0n) is 18.2. The van der Waals surface area contributed by atoms with Crippen molar-refractivity contribution in [1.29, 1.82) is 0 Å². The van der Waals surface area contributed by atoms with Gasteiger partial charge in [-0.25, -0.2) is 4.98 Å². The molecule has 0 bridgehead atoms. The van der Waals surface area contributed by atoms with Crippen LogP contribution in [0.25, 0.3) is 11.1 Å². The number of methoxy groups -OCH3 is 1. The van der Waals surface area contributed by atoms with Gasteiger partial charge in [-0.1, -0.05) is 19.0 Å². The Bertz CT molecular complexity index is 950. The fraction of sp³-hybridized carbons (Fsp3) is 0.636. The van der Waals surface area contributed by atoms with E-state index >= 15 is 0 Å². The SMILES string of the molecule is COC(=O)CCN1CCN(C(=O)c2cc(C3CC3)nc3onc(C(C)C)c23)CC1C. The van der Waals surface area contributed by atoms with Gasteiger partial charge in [0.25, 0.3) is 11.6 Å². The van der Waals surface area contributed by atoms with Gasteiger partial charge in [0.15, 0.2) is 0 Å². The van der Waals surface area contributed by atoms with Crippen LogP contribution in [0.4, 0.5) is 0 Å². The fourth-order valence-electron chi connectivity index (χ4n) is 4.16. The molecule has 2 aromatic rings. The highest BCUT2D eigenvalue weighted by atomic mass is 16.5. The normalized spacial score (nSPS) is 20.2. The minimum Gasteiger partial charge on any atom is -0.469 e. The number of hydrogen-bond acceptors (Lipinski definition) is 7. The molecule has 8 heteroatoms. The van der Waals surface area contributed by atoms with Crippen molar-refractivity contribution in [3.05, 3.63) is 23.0 Å². The van der Waals surface area contributed by atoms with Gasteiger partial charge >= 0.3 is 5.97 Å². The van der Waals surface area contributed by atoms with Gasteiger partial charge in [0.1, 0.15) is 0 Å². The first-order chi connectivity index (χ1) is 14.4. The van der Waals surface area contributed by atoms with E-state index in [0.717, 1.165) is 36.2 Å². The second-order valence-electron chi connectivity index (χ2n) is 8.73. The van der Waals surface area contributed by atoms with Gasteiger partial charge in [-0.3, -0.25) is 14.5 Å². The molecule has 1 atom stereocenters. The second-order valence-corrected chi connectivity index (χ2v) is 8.73. The summed E-state index contributed by atoms with van der Waals surface area (Å²) in [4.78, 5) is 33.8. The number of hydrogen-bond donors (Lipinski definition) is 0. The van der Waals surface area contributed by atoms with Crippen LogP contribution < -0.4 is 0 Å². The summed E-state index contributed by atoms with van der Waals surface area (Å²) in [6, 6.07) is 2.12. The topological polar surface area (TPSA) is 88.8 Å². The first kappa shape index (κ1) is 20.8. The predicted octanol–water partition coefficient (Wildman–Crippen LogP) is 2.93. The lowest BCUT2D eigenvalue weighted by Gasteiger charge is -2.39. The van der Waals surface area contributed by atoms with Gasteiger partial charge in [-0.15, -0.1) is 0 Å². The Morgan fingerprint density at radius 1 is 1.30 bits per heavy atom. The van der Waals surface area contributed by atoms with E-state index in [2.05, 4.69) is 22.0 Å². The minimum atomic E-state index is -0.207. The van der Waals surface area contributed by atoms with Crippen LogP contribution in [-0.4, -0.2) is 71.1 Å². The molecule has 2 fully saturated rings. The highest BCUT2D eigenvalue weighted by Crippen LogP contribution is 2.41. The van der Waals surface area contributed by atoms with Gasteiger partial charge in [-0.2, -0.15) is 0 Å². The van der Waals surface area contributed by atoms with Gasteiger partial charge in [0, 0.05) is 43.8 Å². The molecule has 0 radical (unpaired) electrons. The molecule has 2 aliphatic rings. The smallest absolute Gasteiger partial charge is 0.306 e. The lowest BCUT2D eigenvalue weighted by Crippen LogP contribution is -2.54. The van der Waals surface area contributed by atoms with E-state index in [1.807, 2.05) is 24.8 Å². The standard InChI is InChI=1S/C22H30N4O4/c1-13(2)20-19-16(11-17(15-5-6-15)23-21(19)30-24-20)22(28)26-10-9-25(14(3)12-26)8-7-18(27)29-4/h11,13-15H,5-10,12H2,1-4H3. The van der Waals surface area contributed by atoms with Crippen molar-refractivity contribution in [3.63, 3.8) is 0 Å². The summed E-state index contributed by atoms with van der Waals surface area (Å²) in [5.74, 6) is 0.359. The maximum atomic E-state index is 13.6.